The lowest BCUT2D eigenvalue weighted by Crippen LogP contribution is -2.26. The molecule has 114 valence electrons. The van der Waals surface area contributed by atoms with Crippen LogP contribution in [0, 0.1) is 0 Å². The van der Waals surface area contributed by atoms with Gasteiger partial charge < -0.3 is 5.73 Å². The first-order chi connectivity index (χ1) is 9.92. The number of aromatic nitrogens is 2. The van der Waals surface area contributed by atoms with E-state index in [1.165, 1.54) is 0 Å². The quantitative estimate of drug-likeness (QED) is 0.795. The fourth-order valence-corrected chi connectivity index (χ4v) is 4.03. The van der Waals surface area contributed by atoms with E-state index >= 15 is 0 Å². The molecule has 0 radical (unpaired) electrons. The molecule has 3 N–H and O–H groups in total. The molecule has 8 heteroatoms. The number of nitrogens with zero attached hydrogens (tertiary/aromatic N) is 2. The molecule has 2 rings (SSSR count). The van der Waals surface area contributed by atoms with Crippen molar-refractivity contribution < 1.29 is 8.42 Å². The number of benzene rings is 1. The minimum absolute atomic E-state index is 0.209. The van der Waals surface area contributed by atoms with Crippen LogP contribution in [-0.2, 0) is 30.0 Å². The average molecular weight is 373 g/mol. The standard InChI is InChI=1S/C13H17BrN4O2S/c1-18-7-5-11(17-18)4-6-16-21(19,20)13-3-2-10(9-15)8-12(13)14/h2-3,5,7-8,16H,4,6,9,15H2,1H3. The number of aryl methyl sites for hydroxylation is 1. The van der Waals surface area contributed by atoms with Crippen molar-refractivity contribution in [1.29, 1.82) is 0 Å². The van der Waals surface area contributed by atoms with Gasteiger partial charge in [-0.3, -0.25) is 4.68 Å². The summed E-state index contributed by atoms with van der Waals surface area (Å²) in [6.45, 7) is 0.663. The lowest BCUT2D eigenvalue weighted by molar-refractivity contribution is 0.580. The van der Waals surface area contributed by atoms with Gasteiger partial charge in [-0.25, -0.2) is 13.1 Å². The second kappa shape index (κ2) is 6.69. The highest BCUT2D eigenvalue weighted by atomic mass is 79.9. The van der Waals surface area contributed by atoms with E-state index in [-0.39, 0.29) is 4.90 Å². The Bertz CT molecular complexity index is 728. The largest absolute Gasteiger partial charge is 0.326 e. The van der Waals surface area contributed by atoms with Crippen LogP contribution in [-0.4, -0.2) is 24.7 Å². The van der Waals surface area contributed by atoms with E-state index in [2.05, 4.69) is 25.8 Å². The van der Waals surface area contributed by atoms with Gasteiger partial charge in [0.2, 0.25) is 10.0 Å². The van der Waals surface area contributed by atoms with Gasteiger partial charge in [-0.2, -0.15) is 5.10 Å². The second-order valence-corrected chi connectivity index (χ2v) is 7.19. The molecule has 0 spiro atoms. The Labute approximate surface area is 132 Å². The topological polar surface area (TPSA) is 90.0 Å². The Morgan fingerprint density at radius 1 is 1.38 bits per heavy atom. The van der Waals surface area contributed by atoms with E-state index in [0.29, 0.717) is 24.0 Å². The van der Waals surface area contributed by atoms with Crippen LogP contribution in [0.15, 0.2) is 39.8 Å². The zero-order chi connectivity index (χ0) is 15.5. The third kappa shape index (κ3) is 4.13. The van der Waals surface area contributed by atoms with E-state index in [1.807, 2.05) is 19.3 Å². The Balaban J connectivity index is 2.04. The molecule has 0 fully saturated rings. The smallest absolute Gasteiger partial charge is 0.241 e. The monoisotopic (exact) mass is 372 g/mol. The maximum absolute atomic E-state index is 12.3. The van der Waals surface area contributed by atoms with Crippen molar-refractivity contribution in [2.45, 2.75) is 17.9 Å². The van der Waals surface area contributed by atoms with Crippen LogP contribution in [0.5, 0.6) is 0 Å². The highest BCUT2D eigenvalue weighted by Crippen LogP contribution is 2.23. The maximum Gasteiger partial charge on any atom is 0.241 e. The zero-order valence-electron chi connectivity index (χ0n) is 11.6. The van der Waals surface area contributed by atoms with Crippen LogP contribution in [0.1, 0.15) is 11.3 Å². The van der Waals surface area contributed by atoms with Crippen molar-refractivity contribution in [2.75, 3.05) is 6.54 Å². The minimum Gasteiger partial charge on any atom is -0.326 e. The van der Waals surface area contributed by atoms with Gasteiger partial charge >= 0.3 is 0 Å². The highest BCUT2D eigenvalue weighted by molar-refractivity contribution is 9.10. The number of halogens is 1. The maximum atomic E-state index is 12.3. The van der Waals surface area contributed by atoms with Gasteiger partial charge in [0.15, 0.2) is 0 Å². The van der Waals surface area contributed by atoms with Crippen molar-refractivity contribution >= 4 is 26.0 Å². The molecule has 1 heterocycles. The minimum atomic E-state index is -3.55. The third-order valence-electron chi connectivity index (χ3n) is 2.96. The summed E-state index contributed by atoms with van der Waals surface area (Å²) in [5.74, 6) is 0. The van der Waals surface area contributed by atoms with Crippen molar-refractivity contribution in [2.24, 2.45) is 12.8 Å². The van der Waals surface area contributed by atoms with Gasteiger partial charge in [-0.1, -0.05) is 6.07 Å². The van der Waals surface area contributed by atoms with Crippen LogP contribution in [0.25, 0.3) is 0 Å². The molecular weight excluding hydrogens is 356 g/mol. The molecule has 0 saturated heterocycles. The Morgan fingerprint density at radius 2 is 2.14 bits per heavy atom. The number of hydrogen-bond acceptors (Lipinski definition) is 4. The normalized spacial score (nSPS) is 11.8. The summed E-state index contributed by atoms with van der Waals surface area (Å²) in [6, 6.07) is 6.83. The Morgan fingerprint density at radius 3 is 2.71 bits per heavy atom. The first-order valence-electron chi connectivity index (χ1n) is 6.39. The van der Waals surface area contributed by atoms with Crippen LogP contribution < -0.4 is 10.5 Å². The number of nitrogens with one attached hydrogen (secondary N) is 1. The van der Waals surface area contributed by atoms with Crippen molar-refractivity contribution in [3.05, 3.63) is 46.2 Å². The molecule has 21 heavy (non-hydrogen) atoms. The van der Waals surface area contributed by atoms with E-state index in [0.717, 1.165) is 11.3 Å². The fourth-order valence-electron chi connectivity index (χ4n) is 1.88. The van der Waals surface area contributed by atoms with Gasteiger partial charge in [0.05, 0.1) is 10.6 Å². The van der Waals surface area contributed by atoms with E-state index < -0.39 is 10.0 Å². The molecule has 1 aromatic heterocycles. The van der Waals surface area contributed by atoms with E-state index in [4.69, 9.17) is 5.73 Å². The summed E-state index contributed by atoms with van der Waals surface area (Å²) in [5, 5.41) is 4.20. The Kier molecular flexibility index (Phi) is 5.15. The molecule has 0 aliphatic rings. The summed E-state index contributed by atoms with van der Waals surface area (Å²) >= 11 is 3.27. The summed E-state index contributed by atoms with van der Waals surface area (Å²) in [4.78, 5) is 0.209. The summed E-state index contributed by atoms with van der Waals surface area (Å²) in [7, 11) is -1.73. The van der Waals surface area contributed by atoms with Gasteiger partial charge in [-0.15, -0.1) is 0 Å². The Hall–Kier alpha value is -1.22. The molecule has 0 atom stereocenters. The number of hydrogen-bond donors (Lipinski definition) is 2. The van der Waals surface area contributed by atoms with Gasteiger partial charge in [-0.05, 0) is 39.7 Å². The number of sulfonamides is 1. The summed E-state index contributed by atoms with van der Waals surface area (Å²) in [6.07, 6.45) is 2.37. The zero-order valence-corrected chi connectivity index (χ0v) is 14.0. The molecule has 0 unspecified atom stereocenters. The van der Waals surface area contributed by atoms with Crippen molar-refractivity contribution in [1.82, 2.24) is 14.5 Å². The molecule has 6 nitrogen and oxygen atoms in total. The lowest BCUT2D eigenvalue weighted by atomic mass is 10.2. The number of nitrogens with two attached hydrogens (primary N) is 1. The molecule has 2 aromatic rings. The first kappa shape index (κ1) is 16.2. The van der Waals surface area contributed by atoms with Gasteiger partial charge in [0.25, 0.3) is 0 Å². The number of rotatable bonds is 6. The molecular formula is C13H17BrN4O2S. The molecule has 0 saturated carbocycles. The van der Waals surface area contributed by atoms with Gasteiger partial charge in [0.1, 0.15) is 0 Å². The van der Waals surface area contributed by atoms with Crippen LogP contribution >= 0.6 is 15.9 Å². The SMILES string of the molecule is Cn1ccc(CCNS(=O)(=O)c2ccc(CN)cc2Br)n1. The summed E-state index contributed by atoms with van der Waals surface area (Å²) < 4.78 is 29.3. The summed E-state index contributed by atoms with van der Waals surface area (Å²) in [5.41, 5.74) is 7.24. The predicted molar refractivity (Wildman–Crippen MR) is 84.1 cm³/mol. The average Bonchev–Trinajstić information content (AvgIpc) is 2.83. The fraction of sp³-hybridized carbons (Fsp3) is 0.308. The van der Waals surface area contributed by atoms with E-state index in [1.54, 1.807) is 22.9 Å². The molecule has 1 aromatic carbocycles. The highest BCUT2D eigenvalue weighted by Gasteiger charge is 2.17. The lowest BCUT2D eigenvalue weighted by Gasteiger charge is -2.09. The second-order valence-electron chi connectivity index (χ2n) is 4.60. The molecule has 0 amide bonds. The molecule has 0 aliphatic heterocycles. The molecule has 0 aliphatic carbocycles. The first-order valence-corrected chi connectivity index (χ1v) is 8.66. The van der Waals surface area contributed by atoms with Crippen LogP contribution in [0.4, 0.5) is 0 Å². The van der Waals surface area contributed by atoms with Crippen LogP contribution in [0.3, 0.4) is 0 Å². The van der Waals surface area contributed by atoms with Crippen molar-refractivity contribution in [3.8, 4) is 0 Å². The third-order valence-corrected chi connectivity index (χ3v) is 5.40. The predicted octanol–water partition coefficient (Wildman–Crippen LogP) is 1.16. The van der Waals surface area contributed by atoms with Gasteiger partial charge in [0, 0.05) is 37.2 Å². The van der Waals surface area contributed by atoms with E-state index in [9.17, 15) is 8.42 Å². The van der Waals surface area contributed by atoms with Crippen molar-refractivity contribution in [3.63, 3.8) is 0 Å². The van der Waals surface area contributed by atoms with Crippen LogP contribution in [0.2, 0.25) is 0 Å². The molecule has 0 bridgehead atoms.